The van der Waals surface area contributed by atoms with Crippen molar-refractivity contribution in [2.24, 2.45) is 7.05 Å². The summed E-state index contributed by atoms with van der Waals surface area (Å²) in [6.45, 7) is 0.363. The number of H-pyrrole nitrogens is 1. The molecule has 3 aromatic carbocycles. The summed E-state index contributed by atoms with van der Waals surface area (Å²) in [6, 6.07) is 18.6. The number of para-hydroxylation sites is 1. The van der Waals surface area contributed by atoms with E-state index in [9.17, 15) is 9.59 Å². The van der Waals surface area contributed by atoms with Gasteiger partial charge >= 0.3 is 0 Å². The fraction of sp³-hybridized carbons (Fsp3) is 0.188. The molecule has 0 bridgehead atoms. The first kappa shape index (κ1) is 27.4. The first-order valence-electron chi connectivity index (χ1n) is 13.1. The van der Waals surface area contributed by atoms with E-state index in [2.05, 4.69) is 15.6 Å². The van der Waals surface area contributed by atoms with Crippen LogP contribution in [0.3, 0.4) is 0 Å². The minimum Gasteiger partial charge on any atom is -0.497 e. The third-order valence-electron chi connectivity index (χ3n) is 7.02. The molecule has 0 unspecified atom stereocenters. The molecule has 2 aromatic heterocycles. The zero-order valence-electron chi connectivity index (χ0n) is 23.4. The van der Waals surface area contributed by atoms with Crippen LogP contribution in [0.2, 0.25) is 0 Å². The topological polar surface area (TPSA) is 107 Å². The maximum absolute atomic E-state index is 13.5. The number of fused-ring (bicyclic) bond motifs is 2. The van der Waals surface area contributed by atoms with Crippen molar-refractivity contribution in [1.29, 1.82) is 0 Å². The van der Waals surface area contributed by atoms with Crippen molar-refractivity contribution in [2.45, 2.75) is 6.42 Å². The van der Waals surface area contributed by atoms with Crippen molar-refractivity contribution in [3.05, 3.63) is 95.4 Å². The molecule has 0 fully saturated rings. The lowest BCUT2D eigenvalue weighted by Gasteiger charge is -2.13. The minimum absolute atomic E-state index is 0.127. The highest BCUT2D eigenvalue weighted by Gasteiger charge is 2.18. The molecule has 2 heterocycles. The van der Waals surface area contributed by atoms with E-state index >= 15 is 0 Å². The Labute approximate surface area is 237 Å². The predicted molar refractivity (Wildman–Crippen MR) is 159 cm³/mol. The molecular formula is C32H32N4O5. The number of amides is 2. The van der Waals surface area contributed by atoms with Crippen LogP contribution in [0, 0.1) is 0 Å². The van der Waals surface area contributed by atoms with E-state index in [1.807, 2.05) is 66.5 Å². The lowest BCUT2D eigenvalue weighted by Crippen LogP contribution is -2.35. The molecule has 0 aliphatic carbocycles. The van der Waals surface area contributed by atoms with Gasteiger partial charge in [-0.25, -0.2) is 0 Å². The predicted octanol–water partition coefficient (Wildman–Crippen LogP) is 4.82. The van der Waals surface area contributed by atoms with Crippen molar-refractivity contribution >= 4 is 39.7 Å². The third-order valence-corrected chi connectivity index (χ3v) is 7.02. The quantitative estimate of drug-likeness (QED) is 0.216. The van der Waals surface area contributed by atoms with Crippen molar-refractivity contribution < 1.29 is 23.8 Å². The Morgan fingerprint density at radius 3 is 2.51 bits per heavy atom. The summed E-state index contributed by atoms with van der Waals surface area (Å²) in [7, 11) is 6.61. The molecule has 9 nitrogen and oxygen atoms in total. The summed E-state index contributed by atoms with van der Waals surface area (Å²) in [4.78, 5) is 30.1. The van der Waals surface area contributed by atoms with Gasteiger partial charge < -0.3 is 34.4 Å². The van der Waals surface area contributed by atoms with Crippen molar-refractivity contribution in [3.8, 4) is 17.2 Å². The lowest BCUT2D eigenvalue weighted by atomic mass is 10.1. The number of aromatic nitrogens is 2. The van der Waals surface area contributed by atoms with E-state index in [4.69, 9.17) is 14.2 Å². The fourth-order valence-electron chi connectivity index (χ4n) is 4.87. The van der Waals surface area contributed by atoms with E-state index in [1.165, 1.54) is 14.2 Å². The van der Waals surface area contributed by atoms with Crippen LogP contribution in [-0.4, -0.2) is 49.2 Å². The highest BCUT2D eigenvalue weighted by atomic mass is 16.5. The Bertz CT molecular complexity index is 1760. The zero-order valence-corrected chi connectivity index (χ0v) is 23.4. The van der Waals surface area contributed by atoms with E-state index in [0.29, 0.717) is 30.0 Å². The van der Waals surface area contributed by atoms with Crippen LogP contribution in [-0.2, 0) is 18.3 Å². The molecule has 5 rings (SSSR count). The lowest BCUT2D eigenvalue weighted by molar-refractivity contribution is -0.117. The van der Waals surface area contributed by atoms with Gasteiger partial charge in [0.1, 0.15) is 11.4 Å². The number of carbonyl (C=O) groups is 2. The maximum atomic E-state index is 13.5. The number of hydrogen-bond donors (Lipinski definition) is 3. The SMILES string of the molecule is COc1ccc2[nH]cc(CCNC(=O)/C(=C/c3cn(C)c4ccccc34)NC(=O)c3ccc(OC)c(OC)c3)c2c1. The molecule has 0 atom stereocenters. The highest BCUT2D eigenvalue weighted by molar-refractivity contribution is 6.06. The second-order valence-corrected chi connectivity index (χ2v) is 9.53. The average molecular weight is 553 g/mol. The number of methoxy groups -OCH3 is 3. The molecule has 210 valence electrons. The summed E-state index contributed by atoms with van der Waals surface area (Å²) < 4.78 is 18.0. The number of carbonyl (C=O) groups excluding carboxylic acids is 2. The highest BCUT2D eigenvalue weighted by Crippen LogP contribution is 2.28. The number of rotatable bonds is 10. The van der Waals surface area contributed by atoms with Gasteiger partial charge in [-0.15, -0.1) is 0 Å². The number of aryl methyl sites for hydroxylation is 1. The standard InChI is InChI=1S/C32H32N4O5/c1-36-19-22(24-7-5-6-8-28(24)36)15-27(35-31(37)20-9-12-29(40-3)30(16-20)41-4)32(38)33-14-13-21-18-34-26-11-10-23(39-2)17-25(21)26/h5-12,15-19,34H,13-14H2,1-4H3,(H,33,38)(H,35,37)/b27-15-. The van der Waals surface area contributed by atoms with Crippen LogP contribution < -0.4 is 24.8 Å². The molecule has 0 spiro atoms. The van der Waals surface area contributed by atoms with Gasteiger partial charge in [0.05, 0.1) is 21.3 Å². The first-order valence-corrected chi connectivity index (χ1v) is 13.1. The van der Waals surface area contributed by atoms with Crippen molar-refractivity contribution in [1.82, 2.24) is 20.2 Å². The minimum atomic E-state index is -0.448. The number of ether oxygens (including phenoxy) is 3. The number of hydrogen-bond acceptors (Lipinski definition) is 5. The number of nitrogens with zero attached hydrogens (tertiary/aromatic N) is 1. The molecule has 3 N–H and O–H groups in total. The third kappa shape index (κ3) is 5.74. The molecule has 0 radical (unpaired) electrons. The van der Waals surface area contributed by atoms with Crippen LogP contribution in [0.1, 0.15) is 21.5 Å². The van der Waals surface area contributed by atoms with Gasteiger partial charge in [-0.3, -0.25) is 9.59 Å². The van der Waals surface area contributed by atoms with Gasteiger partial charge in [-0.2, -0.15) is 0 Å². The van der Waals surface area contributed by atoms with E-state index in [0.717, 1.165) is 38.7 Å². The molecule has 2 amide bonds. The second-order valence-electron chi connectivity index (χ2n) is 9.53. The van der Waals surface area contributed by atoms with Crippen LogP contribution in [0.25, 0.3) is 27.9 Å². The molecule has 5 aromatic rings. The number of nitrogens with one attached hydrogen (secondary N) is 3. The van der Waals surface area contributed by atoms with Crippen LogP contribution >= 0.6 is 0 Å². The molecule has 0 saturated heterocycles. The fourth-order valence-corrected chi connectivity index (χ4v) is 4.87. The molecule has 0 saturated carbocycles. The summed E-state index contributed by atoms with van der Waals surface area (Å²) in [5.41, 5.74) is 4.32. The van der Waals surface area contributed by atoms with Gasteiger partial charge in [0.15, 0.2) is 11.5 Å². The smallest absolute Gasteiger partial charge is 0.267 e. The van der Waals surface area contributed by atoms with E-state index in [-0.39, 0.29) is 5.70 Å². The molecule has 9 heteroatoms. The summed E-state index contributed by atoms with van der Waals surface area (Å²) >= 11 is 0. The maximum Gasteiger partial charge on any atom is 0.267 e. The Kier molecular flexibility index (Phi) is 7.96. The van der Waals surface area contributed by atoms with Crippen LogP contribution in [0.5, 0.6) is 17.2 Å². The summed E-state index contributed by atoms with van der Waals surface area (Å²) in [6.07, 6.45) is 6.15. The molecule has 0 aliphatic heterocycles. The van der Waals surface area contributed by atoms with Crippen LogP contribution in [0.4, 0.5) is 0 Å². The van der Waals surface area contributed by atoms with Gasteiger partial charge in [-0.1, -0.05) is 18.2 Å². The van der Waals surface area contributed by atoms with Gasteiger partial charge in [0.2, 0.25) is 0 Å². The largest absolute Gasteiger partial charge is 0.497 e. The first-order chi connectivity index (χ1) is 19.9. The monoisotopic (exact) mass is 552 g/mol. The van der Waals surface area contributed by atoms with Crippen molar-refractivity contribution in [2.75, 3.05) is 27.9 Å². The molecular weight excluding hydrogens is 520 g/mol. The molecule has 41 heavy (non-hydrogen) atoms. The average Bonchev–Trinajstić information content (AvgIpc) is 3.55. The number of aromatic amines is 1. The Hall–Kier alpha value is -5.18. The van der Waals surface area contributed by atoms with Gasteiger partial charge in [0, 0.05) is 58.9 Å². The van der Waals surface area contributed by atoms with Crippen molar-refractivity contribution in [3.63, 3.8) is 0 Å². The van der Waals surface area contributed by atoms with E-state index in [1.54, 1.807) is 31.4 Å². The van der Waals surface area contributed by atoms with Gasteiger partial charge in [0.25, 0.3) is 11.8 Å². The normalized spacial score (nSPS) is 11.5. The summed E-state index contributed by atoms with van der Waals surface area (Å²) in [5, 5.41) is 7.78. The van der Waals surface area contributed by atoms with Crippen LogP contribution in [0.15, 0.2) is 78.8 Å². The Balaban J connectivity index is 1.40. The number of benzene rings is 3. The van der Waals surface area contributed by atoms with E-state index < -0.39 is 11.8 Å². The summed E-state index contributed by atoms with van der Waals surface area (Å²) in [5.74, 6) is 0.837. The zero-order chi connectivity index (χ0) is 28.9. The molecule has 0 aliphatic rings. The second kappa shape index (κ2) is 11.9. The van der Waals surface area contributed by atoms with Gasteiger partial charge in [-0.05, 0) is 60.5 Å². The Morgan fingerprint density at radius 2 is 1.73 bits per heavy atom. The Morgan fingerprint density at radius 1 is 0.927 bits per heavy atom.